The van der Waals surface area contributed by atoms with E-state index >= 15 is 0 Å². The normalized spacial score (nSPS) is 12.3. The van der Waals surface area contributed by atoms with Gasteiger partial charge in [0.2, 0.25) is 0 Å². The maximum absolute atomic E-state index is 3.63. The lowest BCUT2D eigenvalue weighted by molar-refractivity contribution is 0.591. The molecule has 0 saturated heterocycles. The second-order valence-corrected chi connectivity index (χ2v) is 6.32. The van der Waals surface area contributed by atoms with Crippen molar-refractivity contribution in [2.75, 3.05) is 0 Å². The van der Waals surface area contributed by atoms with Crippen molar-refractivity contribution >= 4 is 37.4 Å². The molecule has 74 valence electrons. The fourth-order valence-corrected chi connectivity index (χ4v) is 3.01. The van der Waals surface area contributed by atoms with Gasteiger partial charge in [0.15, 0.2) is 0 Å². The zero-order valence-corrected chi connectivity index (χ0v) is 11.0. The van der Waals surface area contributed by atoms with Crippen LogP contribution in [0.15, 0.2) is 28.1 Å². The highest BCUT2D eigenvalue weighted by Crippen LogP contribution is 2.34. The minimum absolute atomic E-state index is 0.221. The van der Waals surface area contributed by atoms with Crippen LogP contribution >= 0.6 is 27.3 Å². The van der Waals surface area contributed by atoms with Crippen LogP contribution in [0.1, 0.15) is 26.3 Å². The Hall–Kier alpha value is -0.340. The summed E-state index contributed by atoms with van der Waals surface area (Å²) in [6.45, 7) is 6.73. The first-order chi connectivity index (χ1) is 6.48. The molecule has 0 radical (unpaired) electrons. The number of halogens is 1. The highest BCUT2D eigenvalue weighted by molar-refractivity contribution is 9.10. The Bertz CT molecular complexity index is 463. The molecule has 0 spiro atoms. The topological polar surface area (TPSA) is 0 Å². The Labute approximate surface area is 97.1 Å². The monoisotopic (exact) mass is 268 g/mol. The molecule has 0 unspecified atom stereocenters. The van der Waals surface area contributed by atoms with Gasteiger partial charge in [0.25, 0.3) is 0 Å². The first kappa shape index (κ1) is 10.2. The van der Waals surface area contributed by atoms with E-state index in [1.165, 1.54) is 20.1 Å². The summed E-state index contributed by atoms with van der Waals surface area (Å²) < 4.78 is 2.56. The van der Waals surface area contributed by atoms with E-state index in [0.29, 0.717) is 0 Å². The van der Waals surface area contributed by atoms with Crippen LogP contribution in [0.2, 0.25) is 0 Å². The van der Waals surface area contributed by atoms with Gasteiger partial charge in [-0.3, -0.25) is 0 Å². The van der Waals surface area contributed by atoms with Crippen LogP contribution in [0, 0.1) is 0 Å². The minimum Gasteiger partial charge on any atom is -0.143 e. The standard InChI is InChI=1S/C12H13BrS/c1-12(2,3)9-6-8-4-5-14-11(8)10(13)7-9/h4-7H,1-3H3. The fourth-order valence-electron chi connectivity index (χ4n) is 1.47. The van der Waals surface area contributed by atoms with E-state index in [9.17, 15) is 0 Å². The van der Waals surface area contributed by atoms with Crippen LogP contribution in [0.3, 0.4) is 0 Å². The number of hydrogen-bond donors (Lipinski definition) is 0. The summed E-state index contributed by atoms with van der Waals surface area (Å²) in [5, 5.41) is 3.48. The maximum Gasteiger partial charge on any atom is 0.0485 e. The third kappa shape index (κ3) is 1.73. The van der Waals surface area contributed by atoms with Crippen LogP contribution < -0.4 is 0 Å². The predicted molar refractivity (Wildman–Crippen MR) is 68.2 cm³/mol. The van der Waals surface area contributed by atoms with Gasteiger partial charge in [-0.2, -0.15) is 0 Å². The lowest BCUT2D eigenvalue weighted by Crippen LogP contribution is -2.10. The molecule has 0 aliphatic rings. The summed E-state index contributed by atoms with van der Waals surface area (Å²) in [5.41, 5.74) is 1.61. The van der Waals surface area contributed by atoms with E-state index in [1.54, 1.807) is 11.3 Å². The van der Waals surface area contributed by atoms with Gasteiger partial charge in [-0.1, -0.05) is 20.8 Å². The molecule has 0 nitrogen and oxygen atoms in total. The molecular weight excluding hydrogens is 256 g/mol. The summed E-state index contributed by atoms with van der Waals surface area (Å²) in [5.74, 6) is 0. The number of rotatable bonds is 0. The molecule has 0 aliphatic heterocycles. The zero-order valence-electron chi connectivity index (χ0n) is 8.60. The van der Waals surface area contributed by atoms with Gasteiger partial charge in [-0.05, 0) is 55.9 Å². The summed E-state index contributed by atoms with van der Waals surface area (Å²) in [4.78, 5) is 0. The molecule has 0 fully saturated rings. The minimum atomic E-state index is 0.221. The molecule has 0 atom stereocenters. The molecule has 0 aliphatic carbocycles. The second kappa shape index (κ2) is 3.35. The van der Waals surface area contributed by atoms with E-state index in [0.717, 1.165) is 0 Å². The Kier molecular flexibility index (Phi) is 2.44. The van der Waals surface area contributed by atoms with Crippen molar-refractivity contribution in [2.24, 2.45) is 0 Å². The summed E-state index contributed by atoms with van der Waals surface area (Å²) in [6, 6.07) is 6.70. The van der Waals surface area contributed by atoms with Gasteiger partial charge >= 0.3 is 0 Å². The highest BCUT2D eigenvalue weighted by Gasteiger charge is 2.15. The van der Waals surface area contributed by atoms with Gasteiger partial charge in [-0.15, -0.1) is 11.3 Å². The van der Waals surface area contributed by atoms with Crippen molar-refractivity contribution in [3.05, 3.63) is 33.6 Å². The van der Waals surface area contributed by atoms with Crippen molar-refractivity contribution in [1.82, 2.24) is 0 Å². The second-order valence-electron chi connectivity index (χ2n) is 4.55. The first-order valence-corrected chi connectivity index (χ1v) is 6.33. The molecule has 1 heterocycles. The molecule has 1 aromatic heterocycles. The Morgan fingerprint density at radius 2 is 1.93 bits per heavy atom. The Balaban J connectivity index is 2.70. The van der Waals surface area contributed by atoms with Crippen LogP contribution in [0.25, 0.3) is 10.1 Å². The van der Waals surface area contributed by atoms with E-state index < -0.39 is 0 Å². The van der Waals surface area contributed by atoms with E-state index in [-0.39, 0.29) is 5.41 Å². The molecular formula is C12H13BrS. The van der Waals surface area contributed by atoms with Crippen molar-refractivity contribution in [1.29, 1.82) is 0 Å². The van der Waals surface area contributed by atoms with Gasteiger partial charge in [0, 0.05) is 9.17 Å². The lowest BCUT2D eigenvalue weighted by Gasteiger charge is -2.19. The Morgan fingerprint density at radius 1 is 1.21 bits per heavy atom. The van der Waals surface area contributed by atoms with Crippen molar-refractivity contribution < 1.29 is 0 Å². The van der Waals surface area contributed by atoms with Crippen LogP contribution in [0.4, 0.5) is 0 Å². The smallest absolute Gasteiger partial charge is 0.0485 e. The third-order valence-corrected chi connectivity index (χ3v) is 4.22. The van der Waals surface area contributed by atoms with Crippen molar-refractivity contribution in [3.63, 3.8) is 0 Å². The molecule has 14 heavy (non-hydrogen) atoms. The average Bonchev–Trinajstić information content (AvgIpc) is 2.50. The molecule has 2 heteroatoms. The van der Waals surface area contributed by atoms with Crippen LogP contribution in [-0.2, 0) is 5.41 Å². The molecule has 0 amide bonds. The molecule has 0 saturated carbocycles. The number of hydrogen-bond acceptors (Lipinski definition) is 1. The summed E-state index contributed by atoms with van der Waals surface area (Å²) in [6.07, 6.45) is 0. The Morgan fingerprint density at radius 3 is 2.57 bits per heavy atom. The molecule has 2 rings (SSSR count). The van der Waals surface area contributed by atoms with Gasteiger partial charge < -0.3 is 0 Å². The molecule has 1 aromatic carbocycles. The zero-order chi connectivity index (χ0) is 10.3. The lowest BCUT2D eigenvalue weighted by atomic mass is 9.87. The van der Waals surface area contributed by atoms with Crippen molar-refractivity contribution in [3.8, 4) is 0 Å². The summed E-state index contributed by atoms with van der Waals surface area (Å²) in [7, 11) is 0. The van der Waals surface area contributed by atoms with Crippen LogP contribution in [0.5, 0.6) is 0 Å². The molecule has 0 N–H and O–H groups in total. The third-order valence-electron chi connectivity index (χ3n) is 2.37. The first-order valence-electron chi connectivity index (χ1n) is 4.66. The molecule has 0 bridgehead atoms. The largest absolute Gasteiger partial charge is 0.143 e. The van der Waals surface area contributed by atoms with E-state index in [1.807, 2.05) is 0 Å². The summed E-state index contributed by atoms with van der Waals surface area (Å²) >= 11 is 5.42. The SMILES string of the molecule is CC(C)(C)c1cc(Br)c2sccc2c1. The van der Waals surface area contributed by atoms with E-state index in [4.69, 9.17) is 0 Å². The number of fused-ring (bicyclic) bond motifs is 1. The fraction of sp³-hybridized carbons (Fsp3) is 0.333. The average molecular weight is 269 g/mol. The van der Waals surface area contributed by atoms with E-state index in [2.05, 4.69) is 60.3 Å². The quantitative estimate of drug-likeness (QED) is 0.634. The predicted octanol–water partition coefficient (Wildman–Crippen LogP) is 4.96. The van der Waals surface area contributed by atoms with Gasteiger partial charge in [-0.25, -0.2) is 0 Å². The molecule has 2 aromatic rings. The van der Waals surface area contributed by atoms with Crippen LogP contribution in [-0.4, -0.2) is 0 Å². The van der Waals surface area contributed by atoms with Gasteiger partial charge in [0.05, 0.1) is 0 Å². The number of benzene rings is 1. The van der Waals surface area contributed by atoms with Gasteiger partial charge in [0.1, 0.15) is 0 Å². The number of thiophene rings is 1. The maximum atomic E-state index is 3.63. The highest BCUT2D eigenvalue weighted by atomic mass is 79.9. The van der Waals surface area contributed by atoms with Crippen molar-refractivity contribution in [2.45, 2.75) is 26.2 Å².